The van der Waals surface area contributed by atoms with Crippen molar-refractivity contribution in [1.29, 1.82) is 0 Å². The highest BCUT2D eigenvalue weighted by molar-refractivity contribution is 9.10. The predicted octanol–water partition coefficient (Wildman–Crippen LogP) is 19.4. The molecular formula is C113H151BrN12O6Si2. The first-order valence-electron chi connectivity index (χ1n) is 51.2. The van der Waals surface area contributed by atoms with Gasteiger partial charge in [0, 0.05) is 147 Å². The molecule has 0 bridgehead atoms. The number of fused-ring (bicyclic) bond motifs is 3. The van der Waals surface area contributed by atoms with Gasteiger partial charge in [0.1, 0.15) is 0 Å². The van der Waals surface area contributed by atoms with Crippen LogP contribution in [0.3, 0.4) is 0 Å². The number of rotatable bonds is 22. The molecule has 0 radical (unpaired) electrons. The Balaban J connectivity index is 0.000000142. The van der Waals surface area contributed by atoms with E-state index in [9.17, 15) is 19.5 Å². The van der Waals surface area contributed by atoms with Gasteiger partial charge in [0.2, 0.25) is 0 Å². The summed E-state index contributed by atoms with van der Waals surface area (Å²) in [4.78, 5) is 52.3. The van der Waals surface area contributed by atoms with Gasteiger partial charge in [-0.25, -0.2) is 0 Å². The van der Waals surface area contributed by atoms with E-state index in [0.717, 1.165) is 192 Å². The normalized spacial score (nSPS) is 18.0. The van der Waals surface area contributed by atoms with Gasteiger partial charge in [-0.2, -0.15) is 15.3 Å². The largest absolute Gasteiger partial charge is 0.404 e. The lowest BCUT2D eigenvalue weighted by Gasteiger charge is -2.46. The number of anilines is 2. The number of likely N-dealkylation sites (tertiary alicyclic amines) is 3. The van der Waals surface area contributed by atoms with E-state index in [1.807, 2.05) is 15.9 Å². The minimum Gasteiger partial charge on any atom is -0.404 e. The Kier molecular flexibility index (Phi) is 32.3. The summed E-state index contributed by atoms with van der Waals surface area (Å²) in [6.45, 7) is 40.8. The quantitative estimate of drug-likeness (QED) is 0.0616. The van der Waals surface area contributed by atoms with E-state index >= 15 is 0 Å². The van der Waals surface area contributed by atoms with Crippen LogP contribution in [0.2, 0.25) is 10.1 Å². The smallest absolute Gasteiger partial charge is 0.274 e. The van der Waals surface area contributed by atoms with Crippen molar-refractivity contribution in [2.24, 2.45) is 17.8 Å². The van der Waals surface area contributed by atoms with Crippen LogP contribution in [0.5, 0.6) is 0 Å². The molecule has 3 aromatic heterocycles. The summed E-state index contributed by atoms with van der Waals surface area (Å²) >= 11 is 3.45. The average molecular weight is 1910 g/mol. The zero-order valence-corrected chi connectivity index (χ0v) is 86.2. The maximum atomic E-state index is 14.1. The second-order valence-corrected chi connectivity index (χ2v) is 51.5. The Labute approximate surface area is 810 Å². The van der Waals surface area contributed by atoms with Gasteiger partial charge in [0.15, 0.2) is 17.1 Å². The van der Waals surface area contributed by atoms with Crippen LogP contribution in [0.4, 0.5) is 11.4 Å². The number of benzene rings is 7. The highest BCUT2D eigenvalue weighted by Crippen LogP contribution is 2.43. The van der Waals surface area contributed by atoms with Crippen molar-refractivity contribution >= 4 is 82.4 Å². The highest BCUT2D eigenvalue weighted by Gasteiger charge is 2.54. The SMILES string of the molecule is CC(C)(C)[Si](OC1CCN(C(=O)c2nn(CCC3CCNCC3)c3c2CCC3)CC1)(c1ccccc1)c1ccccc1.Cc1cccc(Br)c1C.Cc1cccc(N2CCC(CCn3nc(C(=O)N4CCC(O)CC4)c4c3CCC4)CC2)c1C.Cc1cccc(N2CCC(CCn3nc(C(=O)N4CCC(O[Si](c5ccccc5)(c5ccccc5)C(C)(C)C)CC4)c4c3CCC4)CC2)c1C. The maximum Gasteiger partial charge on any atom is 0.274 e. The van der Waals surface area contributed by atoms with E-state index in [1.165, 1.54) is 142 Å². The molecule has 18 nitrogen and oxygen atoms in total. The first-order valence-corrected chi connectivity index (χ1v) is 55.8. The number of aromatic nitrogens is 6. The fraction of sp³-hybridized carbons (Fsp3) is 0.522. The van der Waals surface area contributed by atoms with Gasteiger partial charge in [-0.15, -0.1) is 0 Å². The van der Waals surface area contributed by atoms with Gasteiger partial charge < -0.3 is 43.8 Å². The van der Waals surface area contributed by atoms with Crippen molar-refractivity contribution in [3.8, 4) is 0 Å². The van der Waals surface area contributed by atoms with E-state index in [0.29, 0.717) is 56.3 Å². The molecule has 0 saturated carbocycles. The Hall–Kier alpha value is -9.07. The van der Waals surface area contributed by atoms with Crippen molar-refractivity contribution in [1.82, 2.24) is 49.4 Å². The number of amides is 3. The van der Waals surface area contributed by atoms with Crippen LogP contribution in [0, 0.1) is 59.3 Å². The number of aliphatic hydroxyl groups excluding tert-OH is 1. The number of carbonyl (C=O) groups is 3. The minimum atomic E-state index is -2.63. The molecule has 0 spiro atoms. The van der Waals surface area contributed by atoms with Crippen LogP contribution in [0.25, 0.3) is 0 Å². The number of piperidine rings is 6. The summed E-state index contributed by atoms with van der Waals surface area (Å²) in [7, 11) is -5.24. The molecule has 0 unspecified atom stereocenters. The summed E-state index contributed by atoms with van der Waals surface area (Å²) in [6, 6.07) is 63.1. The zero-order chi connectivity index (χ0) is 93.8. The maximum absolute atomic E-state index is 14.1. The summed E-state index contributed by atoms with van der Waals surface area (Å²) in [5.41, 5.74) is 20.7. The second-order valence-electron chi connectivity index (χ2n) is 42.2. The third-order valence-corrected chi connectivity index (χ3v) is 42.7. The van der Waals surface area contributed by atoms with Gasteiger partial charge in [-0.05, 0) is 309 Å². The van der Waals surface area contributed by atoms with Crippen molar-refractivity contribution < 1.29 is 28.3 Å². The Morgan fingerprint density at radius 1 is 0.373 bits per heavy atom. The van der Waals surface area contributed by atoms with Crippen molar-refractivity contribution in [3.63, 3.8) is 0 Å². The topological polar surface area (TPSA) is 172 Å². The minimum absolute atomic E-state index is 0.0514. The van der Waals surface area contributed by atoms with Crippen LogP contribution in [0.1, 0.15) is 256 Å². The number of nitrogens with zero attached hydrogens (tertiary/aromatic N) is 11. The van der Waals surface area contributed by atoms with Gasteiger partial charge in [-0.1, -0.05) is 215 Å². The molecule has 0 atom stereocenters. The van der Waals surface area contributed by atoms with E-state index < -0.39 is 16.6 Å². The molecular weight excluding hydrogens is 1760 g/mol. The second kappa shape index (κ2) is 44.2. The van der Waals surface area contributed by atoms with Gasteiger partial charge >= 0.3 is 0 Å². The highest BCUT2D eigenvalue weighted by atomic mass is 79.9. The van der Waals surface area contributed by atoms with E-state index in [2.05, 4.69) is 303 Å². The molecule has 21 heteroatoms. The molecule has 6 aliphatic heterocycles. The fourth-order valence-electron chi connectivity index (χ4n) is 23.2. The number of hydrogen-bond donors (Lipinski definition) is 2. The number of hydrogen-bond acceptors (Lipinski definition) is 12. The molecule has 9 heterocycles. The van der Waals surface area contributed by atoms with Crippen LogP contribution >= 0.6 is 15.9 Å². The first-order chi connectivity index (χ1) is 64.7. The lowest BCUT2D eigenvalue weighted by Crippen LogP contribution is -2.68. The van der Waals surface area contributed by atoms with Crippen molar-refractivity contribution in [2.45, 2.75) is 285 Å². The standard InChI is InChI=1S/C43H56N4O2Si.C35H48N4O2Si.C27H38N4O2.C8H9Br/c1-32-14-12-20-39(33(32)2)45-27-22-34(23-28-45)24-31-47-40-21-13-19-38(40)41(44-47)42(48)46-29-25-35(26-30-46)49-50(43(3,4)5,36-15-8-6-9-16-36)37-17-10-7-11-18-37;1-35(2,3)42(29-11-6-4-7-12-29,30-13-8-5-9-14-30)41-28-20-24-38(25-21-28)34(40)33-31-15-10-16-32(31)39(37-33)26-19-27-17-22-36-23-18-27;1-19-5-3-7-24(20(19)2)29-14-9-21(10-15-29)11-18-31-25-8-4-6-23(25)26(28-31)27(33)30-16-12-22(32)13-17-30;1-6-4-3-5-8(9)7(6)2/h6-12,14-18,20,34-35H,13,19,21-31H2,1-5H3;4-9,11-14,27-28,36H,10,15-26H2,1-3H3;3,5,7,21-22,32H,4,6,8-18H2,1-2H3;3-5H,1-2H3. The molecule has 3 amide bonds. The summed E-state index contributed by atoms with van der Waals surface area (Å²) in [6.07, 6.45) is 25.0. The van der Waals surface area contributed by atoms with Crippen molar-refractivity contribution in [3.05, 3.63) is 265 Å². The molecule has 7 aromatic carbocycles. The molecule has 9 aliphatic rings. The van der Waals surface area contributed by atoms with Crippen LogP contribution in [-0.2, 0) is 67.0 Å². The molecule has 10 aromatic rings. The fourth-order valence-corrected chi connectivity index (χ4v) is 33.2. The van der Waals surface area contributed by atoms with Crippen LogP contribution < -0.4 is 35.9 Å². The van der Waals surface area contributed by atoms with E-state index in [-0.39, 0.29) is 46.1 Å². The number of halogens is 1. The molecule has 3 aliphatic carbocycles. The molecule has 714 valence electrons. The lowest BCUT2D eigenvalue weighted by molar-refractivity contribution is 0.0536. The number of aryl methyl sites for hydroxylation is 6. The van der Waals surface area contributed by atoms with E-state index in [4.69, 9.17) is 24.1 Å². The number of nitrogens with one attached hydrogen (secondary N) is 1. The summed E-state index contributed by atoms with van der Waals surface area (Å²) in [5.74, 6) is 2.49. The lowest BCUT2D eigenvalue weighted by atomic mass is 9.92. The predicted molar refractivity (Wildman–Crippen MR) is 554 cm³/mol. The Morgan fingerprint density at radius 3 is 0.978 bits per heavy atom. The molecule has 6 fully saturated rings. The Morgan fingerprint density at radius 2 is 0.672 bits per heavy atom. The first kappa shape index (κ1) is 98.0. The molecule has 2 N–H and O–H groups in total. The van der Waals surface area contributed by atoms with Gasteiger partial charge in [-0.3, -0.25) is 28.4 Å². The van der Waals surface area contributed by atoms with Gasteiger partial charge in [0.05, 0.1) is 6.10 Å². The molecule has 19 rings (SSSR count). The monoisotopic (exact) mass is 1910 g/mol. The number of carbonyl (C=O) groups excluding carboxylic acids is 3. The summed E-state index contributed by atoms with van der Waals surface area (Å²) < 4.78 is 22.6. The van der Waals surface area contributed by atoms with Crippen LogP contribution in [0.15, 0.2) is 180 Å². The van der Waals surface area contributed by atoms with E-state index in [1.54, 1.807) is 0 Å². The molecule has 134 heavy (non-hydrogen) atoms. The number of aliphatic hydroxyl groups is 1. The third kappa shape index (κ3) is 22.0. The molecule has 6 saturated heterocycles. The van der Waals surface area contributed by atoms with Gasteiger partial charge in [0.25, 0.3) is 34.4 Å². The third-order valence-electron chi connectivity index (χ3n) is 31.7. The van der Waals surface area contributed by atoms with Crippen LogP contribution in [-0.4, -0.2) is 180 Å². The van der Waals surface area contributed by atoms with Crippen molar-refractivity contribution in [2.75, 3.05) is 88.3 Å². The average Bonchev–Trinajstić information content (AvgIpc) is 1.19. The summed E-state index contributed by atoms with van der Waals surface area (Å²) in [5, 5.41) is 33.2. The Bertz CT molecular complexity index is 5470. The zero-order valence-electron chi connectivity index (χ0n) is 82.6.